The quantitative estimate of drug-likeness (QED) is 0.585. The van der Waals surface area contributed by atoms with E-state index >= 15 is 0 Å². The molecule has 0 aliphatic heterocycles. The van der Waals surface area contributed by atoms with Crippen LogP contribution < -0.4 is 5.73 Å². The summed E-state index contributed by atoms with van der Waals surface area (Å²) in [7, 11) is 0. The second-order valence-electron chi connectivity index (χ2n) is 6.19. The van der Waals surface area contributed by atoms with Crippen molar-refractivity contribution in [2.24, 2.45) is 5.73 Å². The van der Waals surface area contributed by atoms with Crippen molar-refractivity contribution in [2.75, 3.05) is 0 Å². The first-order chi connectivity index (χ1) is 12.3. The van der Waals surface area contributed by atoms with Crippen molar-refractivity contribution in [3.05, 3.63) is 39.8 Å². The Morgan fingerprint density at radius 1 is 1.31 bits per heavy atom. The Labute approximate surface area is 168 Å². The number of imidazole rings is 1. The highest BCUT2D eigenvalue weighted by atomic mass is 35.5. The van der Waals surface area contributed by atoms with Crippen molar-refractivity contribution in [1.29, 1.82) is 0 Å². The van der Waals surface area contributed by atoms with Gasteiger partial charge in [-0.25, -0.2) is 9.78 Å². The largest absolute Gasteiger partial charge is 0.442 e. The number of nitrogens with two attached hydrogens (primary N) is 1. The van der Waals surface area contributed by atoms with E-state index in [0.29, 0.717) is 15.9 Å². The molecule has 0 radical (unpaired) electrons. The number of hydrogen-bond donors (Lipinski definition) is 1. The number of carbonyl (C=O) groups is 1. The maximum atomic E-state index is 11.0. The molecule has 0 bridgehead atoms. The molecule has 1 amide bonds. The smallest absolute Gasteiger partial charge is 0.404 e. The van der Waals surface area contributed by atoms with Crippen LogP contribution >= 0.6 is 35.0 Å². The zero-order valence-corrected chi connectivity index (χ0v) is 17.4. The maximum Gasteiger partial charge on any atom is 0.404 e. The van der Waals surface area contributed by atoms with Gasteiger partial charge in [-0.1, -0.05) is 62.2 Å². The predicted octanol–water partition coefficient (Wildman–Crippen LogP) is 5.86. The van der Waals surface area contributed by atoms with E-state index in [1.165, 1.54) is 0 Å². The highest BCUT2D eigenvalue weighted by Crippen LogP contribution is 2.37. The normalized spacial score (nSPS) is 11.2. The number of unbranched alkanes of at least 4 members (excludes halogenated alkanes) is 1. The molecule has 0 saturated heterocycles. The molecule has 26 heavy (non-hydrogen) atoms. The van der Waals surface area contributed by atoms with E-state index in [9.17, 15) is 4.79 Å². The number of amides is 1. The van der Waals surface area contributed by atoms with Crippen molar-refractivity contribution in [2.45, 2.75) is 62.6 Å². The van der Waals surface area contributed by atoms with Gasteiger partial charge in [0.1, 0.15) is 10.9 Å². The van der Waals surface area contributed by atoms with Crippen LogP contribution in [0.2, 0.25) is 10.0 Å². The van der Waals surface area contributed by atoms with E-state index in [2.05, 4.69) is 25.3 Å². The van der Waals surface area contributed by atoms with Crippen LogP contribution in [0.4, 0.5) is 4.79 Å². The lowest BCUT2D eigenvalue weighted by atomic mass is 10.1. The molecular weight excluding hydrogens is 393 g/mol. The molecule has 142 valence electrons. The molecule has 2 aromatic rings. The van der Waals surface area contributed by atoms with Gasteiger partial charge in [-0.05, 0) is 30.5 Å². The molecule has 0 saturated carbocycles. The molecular formula is C18H23Cl2N3O2S. The Kier molecular flexibility index (Phi) is 7.68. The van der Waals surface area contributed by atoms with Crippen LogP contribution in [-0.4, -0.2) is 15.6 Å². The Morgan fingerprint density at radius 2 is 1.96 bits per heavy atom. The second kappa shape index (κ2) is 9.53. The van der Waals surface area contributed by atoms with E-state index in [0.717, 1.165) is 35.0 Å². The summed E-state index contributed by atoms with van der Waals surface area (Å²) in [4.78, 5) is 16.7. The SMILES string of the molecule is CCCCn1c(COC(N)=O)nc(C(C)C)c1Sc1cc(Cl)cc(Cl)c1. The van der Waals surface area contributed by atoms with Crippen molar-refractivity contribution in [1.82, 2.24) is 9.55 Å². The summed E-state index contributed by atoms with van der Waals surface area (Å²) < 4.78 is 7.09. The van der Waals surface area contributed by atoms with Crippen molar-refractivity contribution in [3.8, 4) is 0 Å². The minimum Gasteiger partial charge on any atom is -0.442 e. The molecule has 0 fully saturated rings. The summed E-state index contributed by atoms with van der Waals surface area (Å²) in [6, 6.07) is 5.45. The third-order valence-corrected chi connectivity index (χ3v) is 5.23. The topological polar surface area (TPSA) is 70.1 Å². The molecule has 2 rings (SSSR count). The van der Waals surface area contributed by atoms with Crippen LogP contribution in [0.15, 0.2) is 28.1 Å². The van der Waals surface area contributed by atoms with Gasteiger partial charge >= 0.3 is 6.09 Å². The fraction of sp³-hybridized carbons (Fsp3) is 0.444. The summed E-state index contributed by atoms with van der Waals surface area (Å²) in [5, 5.41) is 2.18. The van der Waals surface area contributed by atoms with Gasteiger partial charge in [0.25, 0.3) is 0 Å². The van der Waals surface area contributed by atoms with Gasteiger partial charge in [0, 0.05) is 21.5 Å². The van der Waals surface area contributed by atoms with Crippen molar-refractivity contribution < 1.29 is 9.53 Å². The number of hydrogen-bond acceptors (Lipinski definition) is 4. The lowest BCUT2D eigenvalue weighted by molar-refractivity contribution is 0.145. The van der Waals surface area contributed by atoms with Gasteiger partial charge in [0.2, 0.25) is 0 Å². The average Bonchev–Trinajstić information content (AvgIpc) is 2.87. The van der Waals surface area contributed by atoms with E-state index in [1.807, 2.05) is 12.1 Å². The van der Waals surface area contributed by atoms with Crippen LogP contribution in [0.25, 0.3) is 0 Å². The molecule has 5 nitrogen and oxygen atoms in total. The molecule has 1 aromatic heterocycles. The zero-order chi connectivity index (χ0) is 19.3. The number of ether oxygens (including phenoxy) is 1. The third kappa shape index (κ3) is 5.56. The van der Waals surface area contributed by atoms with Gasteiger partial charge in [0.15, 0.2) is 6.61 Å². The second-order valence-corrected chi connectivity index (χ2v) is 8.13. The van der Waals surface area contributed by atoms with Crippen molar-refractivity contribution in [3.63, 3.8) is 0 Å². The first kappa shape index (κ1) is 20.9. The fourth-order valence-electron chi connectivity index (χ4n) is 2.48. The van der Waals surface area contributed by atoms with Gasteiger partial charge in [-0.15, -0.1) is 0 Å². The van der Waals surface area contributed by atoms with Crippen LogP contribution in [0.5, 0.6) is 0 Å². The molecule has 0 spiro atoms. The molecule has 0 unspecified atom stereocenters. The predicted molar refractivity (Wildman–Crippen MR) is 106 cm³/mol. The summed E-state index contributed by atoms with van der Waals surface area (Å²) in [6.45, 7) is 7.13. The van der Waals surface area contributed by atoms with E-state index in [-0.39, 0.29) is 12.5 Å². The minimum atomic E-state index is -0.808. The molecule has 0 aliphatic carbocycles. The van der Waals surface area contributed by atoms with E-state index < -0.39 is 6.09 Å². The molecule has 8 heteroatoms. The van der Waals surface area contributed by atoms with Gasteiger partial charge in [-0.2, -0.15) is 0 Å². The average molecular weight is 416 g/mol. The van der Waals surface area contributed by atoms with Crippen molar-refractivity contribution >= 4 is 41.1 Å². The number of rotatable bonds is 8. The van der Waals surface area contributed by atoms with E-state index in [1.54, 1.807) is 17.8 Å². The number of benzene rings is 1. The van der Waals surface area contributed by atoms with Gasteiger partial charge in [-0.3, -0.25) is 0 Å². The molecule has 0 aliphatic rings. The number of halogens is 2. The Hall–Kier alpha value is -1.37. The standard InChI is InChI=1S/C18H23Cl2N3O2S/c1-4-5-6-23-15(10-25-18(21)24)22-16(11(2)3)17(23)26-14-8-12(19)7-13(20)9-14/h7-9,11H,4-6,10H2,1-3H3,(H2,21,24). The van der Waals surface area contributed by atoms with Crippen LogP contribution in [0, 0.1) is 0 Å². The first-order valence-electron chi connectivity index (χ1n) is 8.47. The van der Waals surface area contributed by atoms with Gasteiger partial charge < -0.3 is 15.0 Å². The molecule has 0 atom stereocenters. The molecule has 1 heterocycles. The van der Waals surface area contributed by atoms with Crippen LogP contribution in [0.3, 0.4) is 0 Å². The summed E-state index contributed by atoms with van der Waals surface area (Å²) in [5.74, 6) is 0.902. The van der Waals surface area contributed by atoms with Gasteiger partial charge in [0.05, 0.1) is 5.69 Å². The Bertz CT molecular complexity index is 758. The summed E-state index contributed by atoms with van der Waals surface area (Å²) in [5.41, 5.74) is 6.07. The highest BCUT2D eigenvalue weighted by molar-refractivity contribution is 7.99. The number of nitrogens with zero attached hydrogens (tertiary/aromatic N) is 2. The Balaban J connectivity index is 2.46. The lowest BCUT2D eigenvalue weighted by Crippen LogP contribution is -2.15. The third-order valence-electron chi connectivity index (χ3n) is 3.70. The maximum absolute atomic E-state index is 11.0. The lowest BCUT2D eigenvalue weighted by Gasteiger charge is -2.13. The minimum absolute atomic E-state index is 0.0512. The molecule has 2 N–H and O–H groups in total. The molecule has 1 aromatic carbocycles. The number of primary amides is 1. The van der Waals surface area contributed by atoms with Crippen LogP contribution in [-0.2, 0) is 17.9 Å². The van der Waals surface area contributed by atoms with Crippen LogP contribution in [0.1, 0.15) is 51.0 Å². The zero-order valence-electron chi connectivity index (χ0n) is 15.1. The Morgan fingerprint density at radius 3 is 2.50 bits per heavy atom. The summed E-state index contributed by atoms with van der Waals surface area (Å²) in [6.07, 6.45) is 1.22. The summed E-state index contributed by atoms with van der Waals surface area (Å²) >= 11 is 13.8. The fourth-order valence-corrected chi connectivity index (χ4v) is 4.42. The number of carbonyl (C=O) groups excluding carboxylic acids is 1. The first-order valence-corrected chi connectivity index (χ1v) is 10.0. The van der Waals surface area contributed by atoms with E-state index in [4.69, 9.17) is 38.7 Å². The number of aromatic nitrogens is 2. The highest BCUT2D eigenvalue weighted by Gasteiger charge is 2.21. The monoisotopic (exact) mass is 415 g/mol.